The third-order valence-electron chi connectivity index (χ3n) is 1.72. The van der Waals surface area contributed by atoms with Crippen molar-refractivity contribution in [2.75, 3.05) is 7.11 Å². The van der Waals surface area contributed by atoms with Gasteiger partial charge in [0.05, 0.1) is 12.1 Å². The van der Waals surface area contributed by atoms with E-state index in [1.807, 2.05) is 0 Å². The van der Waals surface area contributed by atoms with E-state index in [4.69, 9.17) is 17.3 Å². The van der Waals surface area contributed by atoms with Crippen LogP contribution in [0.2, 0.25) is 5.02 Å². The van der Waals surface area contributed by atoms with Crippen LogP contribution in [0.4, 0.5) is 0 Å². The second-order valence-corrected chi connectivity index (χ2v) is 3.24. The lowest BCUT2D eigenvalue weighted by Crippen LogP contribution is -2.33. The van der Waals surface area contributed by atoms with Gasteiger partial charge in [0.2, 0.25) is 0 Å². The molecule has 0 spiro atoms. The van der Waals surface area contributed by atoms with Crippen LogP contribution in [0.1, 0.15) is 5.69 Å². The van der Waals surface area contributed by atoms with E-state index in [-0.39, 0.29) is 0 Å². The van der Waals surface area contributed by atoms with Crippen molar-refractivity contribution in [1.29, 1.82) is 0 Å². The van der Waals surface area contributed by atoms with Crippen LogP contribution < -0.4 is 5.73 Å². The van der Waals surface area contributed by atoms with Crippen LogP contribution in [0.25, 0.3) is 0 Å². The van der Waals surface area contributed by atoms with E-state index in [1.54, 1.807) is 12.1 Å². The van der Waals surface area contributed by atoms with E-state index < -0.39 is 12.0 Å². The van der Waals surface area contributed by atoms with Crippen molar-refractivity contribution in [3.8, 4) is 0 Å². The summed E-state index contributed by atoms with van der Waals surface area (Å²) in [6.07, 6.45) is 1.87. The molecule has 76 valence electrons. The summed E-state index contributed by atoms with van der Waals surface area (Å²) >= 11 is 5.65. The smallest absolute Gasteiger partial charge is 0.323 e. The average Bonchev–Trinajstić information content (AvgIpc) is 2.20. The highest BCUT2D eigenvalue weighted by atomic mass is 35.5. The normalized spacial score (nSPS) is 12.2. The maximum atomic E-state index is 11.0. The highest BCUT2D eigenvalue weighted by Gasteiger charge is 2.14. The molecule has 0 unspecified atom stereocenters. The van der Waals surface area contributed by atoms with Gasteiger partial charge in [-0.3, -0.25) is 9.78 Å². The van der Waals surface area contributed by atoms with E-state index in [0.29, 0.717) is 17.1 Å². The number of aromatic nitrogens is 1. The summed E-state index contributed by atoms with van der Waals surface area (Å²) in [5.74, 6) is -0.443. The van der Waals surface area contributed by atoms with Crippen LogP contribution >= 0.6 is 11.6 Å². The van der Waals surface area contributed by atoms with Crippen LogP contribution in [0.15, 0.2) is 18.3 Å². The molecule has 0 aliphatic heterocycles. The fourth-order valence-electron chi connectivity index (χ4n) is 0.987. The number of carbonyl (C=O) groups is 1. The first-order chi connectivity index (χ1) is 6.63. The largest absolute Gasteiger partial charge is 0.468 e. The third kappa shape index (κ3) is 2.97. The molecule has 0 aliphatic rings. The number of ether oxygens (including phenoxy) is 1. The summed E-state index contributed by atoms with van der Waals surface area (Å²) in [6.45, 7) is 0. The number of nitrogens with two attached hydrogens (primary N) is 1. The molecule has 5 heteroatoms. The van der Waals surface area contributed by atoms with Gasteiger partial charge in [0, 0.05) is 18.3 Å². The molecule has 1 atom stereocenters. The molecular weight excluding hydrogens is 204 g/mol. The fourth-order valence-corrected chi connectivity index (χ4v) is 1.10. The van der Waals surface area contributed by atoms with Crippen LogP contribution in [0.3, 0.4) is 0 Å². The number of hydrogen-bond acceptors (Lipinski definition) is 4. The first-order valence-corrected chi connectivity index (χ1v) is 4.45. The lowest BCUT2D eigenvalue weighted by molar-refractivity contribution is -0.142. The van der Waals surface area contributed by atoms with Gasteiger partial charge in [-0.05, 0) is 12.1 Å². The van der Waals surface area contributed by atoms with Gasteiger partial charge in [0.1, 0.15) is 6.04 Å². The Balaban J connectivity index is 2.60. The quantitative estimate of drug-likeness (QED) is 0.756. The summed E-state index contributed by atoms with van der Waals surface area (Å²) in [5, 5.41) is 0.556. The highest BCUT2D eigenvalue weighted by Crippen LogP contribution is 2.07. The molecular formula is C9H11ClN2O2. The van der Waals surface area contributed by atoms with Gasteiger partial charge in [-0.1, -0.05) is 11.6 Å². The van der Waals surface area contributed by atoms with Crippen molar-refractivity contribution >= 4 is 17.6 Å². The molecule has 0 amide bonds. The Hall–Kier alpha value is -1.13. The summed E-state index contributed by atoms with van der Waals surface area (Å²) in [7, 11) is 1.30. The molecule has 1 heterocycles. The molecule has 14 heavy (non-hydrogen) atoms. The lowest BCUT2D eigenvalue weighted by atomic mass is 10.1. The number of carbonyl (C=O) groups excluding carboxylic acids is 1. The molecule has 0 fully saturated rings. The topological polar surface area (TPSA) is 65.2 Å². The summed E-state index contributed by atoms with van der Waals surface area (Å²) < 4.78 is 4.49. The minimum absolute atomic E-state index is 0.351. The predicted molar refractivity (Wildman–Crippen MR) is 52.9 cm³/mol. The van der Waals surface area contributed by atoms with Crippen molar-refractivity contribution in [3.05, 3.63) is 29.0 Å². The van der Waals surface area contributed by atoms with Gasteiger partial charge in [0.25, 0.3) is 0 Å². The van der Waals surface area contributed by atoms with Gasteiger partial charge in [0.15, 0.2) is 0 Å². The Labute approximate surface area is 87.0 Å². The molecule has 2 N–H and O–H groups in total. The number of rotatable bonds is 3. The minimum Gasteiger partial charge on any atom is -0.468 e. The van der Waals surface area contributed by atoms with E-state index in [1.165, 1.54) is 13.3 Å². The molecule has 4 nitrogen and oxygen atoms in total. The van der Waals surface area contributed by atoms with Gasteiger partial charge in [-0.25, -0.2) is 0 Å². The SMILES string of the molecule is COC(=O)[C@H](N)Cc1ccc(Cl)cn1. The maximum absolute atomic E-state index is 11.0. The standard InChI is InChI=1S/C9H11ClN2O2/c1-14-9(13)8(11)4-7-3-2-6(10)5-12-7/h2-3,5,8H,4,11H2,1H3/t8-/m1/s1. The summed E-state index contributed by atoms with van der Waals surface area (Å²) in [4.78, 5) is 15.0. The molecule has 0 saturated carbocycles. The average molecular weight is 215 g/mol. The van der Waals surface area contributed by atoms with E-state index in [2.05, 4.69) is 9.72 Å². The molecule has 1 aromatic rings. The van der Waals surface area contributed by atoms with Crippen LogP contribution in [-0.4, -0.2) is 24.1 Å². The number of nitrogens with zero attached hydrogens (tertiary/aromatic N) is 1. The second-order valence-electron chi connectivity index (χ2n) is 2.80. The number of methoxy groups -OCH3 is 1. The monoisotopic (exact) mass is 214 g/mol. The Kier molecular flexibility index (Phi) is 3.85. The van der Waals surface area contributed by atoms with Crippen molar-refractivity contribution in [2.24, 2.45) is 5.73 Å². The Morgan fingerprint density at radius 3 is 2.93 bits per heavy atom. The van der Waals surface area contributed by atoms with E-state index in [0.717, 1.165) is 0 Å². The van der Waals surface area contributed by atoms with E-state index >= 15 is 0 Å². The number of hydrogen-bond donors (Lipinski definition) is 1. The molecule has 0 aliphatic carbocycles. The predicted octanol–water partition coefficient (Wildman–Crippen LogP) is 0.778. The van der Waals surface area contributed by atoms with Crippen molar-refractivity contribution in [3.63, 3.8) is 0 Å². The molecule has 0 aromatic carbocycles. The molecule has 1 rings (SSSR count). The minimum atomic E-state index is -0.673. The molecule has 0 saturated heterocycles. The second kappa shape index (κ2) is 4.93. The van der Waals surface area contributed by atoms with Crippen molar-refractivity contribution < 1.29 is 9.53 Å². The summed E-state index contributed by atoms with van der Waals surface area (Å²) in [6, 6.07) is 2.76. The highest BCUT2D eigenvalue weighted by molar-refractivity contribution is 6.30. The first-order valence-electron chi connectivity index (χ1n) is 4.07. The Morgan fingerprint density at radius 2 is 2.43 bits per heavy atom. The van der Waals surface area contributed by atoms with Gasteiger partial charge in [-0.2, -0.15) is 0 Å². The fraction of sp³-hybridized carbons (Fsp3) is 0.333. The van der Waals surface area contributed by atoms with Crippen LogP contribution in [0, 0.1) is 0 Å². The zero-order chi connectivity index (χ0) is 10.6. The van der Waals surface area contributed by atoms with Crippen molar-refractivity contribution in [1.82, 2.24) is 4.98 Å². The number of pyridine rings is 1. The van der Waals surface area contributed by atoms with Gasteiger partial charge < -0.3 is 10.5 Å². The first kappa shape index (κ1) is 10.9. The van der Waals surface area contributed by atoms with Gasteiger partial charge in [-0.15, -0.1) is 0 Å². The lowest BCUT2D eigenvalue weighted by Gasteiger charge is -2.07. The number of esters is 1. The summed E-state index contributed by atoms with van der Waals surface area (Å²) in [5.41, 5.74) is 6.27. The number of halogens is 1. The zero-order valence-electron chi connectivity index (χ0n) is 7.74. The maximum Gasteiger partial charge on any atom is 0.323 e. The molecule has 0 radical (unpaired) electrons. The Morgan fingerprint density at radius 1 is 1.71 bits per heavy atom. The third-order valence-corrected chi connectivity index (χ3v) is 1.95. The van der Waals surface area contributed by atoms with Crippen molar-refractivity contribution in [2.45, 2.75) is 12.5 Å². The van der Waals surface area contributed by atoms with Crippen LogP contribution in [-0.2, 0) is 16.0 Å². The van der Waals surface area contributed by atoms with Crippen LogP contribution in [0.5, 0.6) is 0 Å². The molecule has 0 bridgehead atoms. The Bertz CT molecular complexity index is 313. The molecule has 1 aromatic heterocycles. The van der Waals surface area contributed by atoms with E-state index in [9.17, 15) is 4.79 Å². The van der Waals surface area contributed by atoms with Gasteiger partial charge >= 0.3 is 5.97 Å². The zero-order valence-corrected chi connectivity index (χ0v) is 8.49.